The first-order chi connectivity index (χ1) is 7.83. The predicted octanol–water partition coefficient (Wildman–Crippen LogP) is 2.43. The molecule has 16 heavy (non-hydrogen) atoms. The van der Waals surface area contributed by atoms with Gasteiger partial charge in [0.15, 0.2) is 5.78 Å². The average molecular weight is 217 g/mol. The summed E-state index contributed by atoms with van der Waals surface area (Å²) in [5, 5.41) is 3.13. The Morgan fingerprint density at radius 2 is 2.12 bits per heavy atom. The second kappa shape index (κ2) is 5.26. The molecule has 0 heterocycles. The summed E-state index contributed by atoms with van der Waals surface area (Å²) in [7, 11) is 1.94. The Bertz CT molecular complexity index is 369. The van der Waals surface area contributed by atoms with Gasteiger partial charge in [0.25, 0.3) is 0 Å². The van der Waals surface area contributed by atoms with Crippen molar-refractivity contribution in [3.05, 3.63) is 35.4 Å². The lowest BCUT2D eigenvalue weighted by Crippen LogP contribution is -2.23. The molecule has 1 N–H and O–H groups in total. The number of nitrogens with one attached hydrogen (secondary N) is 1. The van der Waals surface area contributed by atoms with Gasteiger partial charge in [0.1, 0.15) is 0 Å². The normalized spacial score (nSPS) is 15.8. The van der Waals surface area contributed by atoms with Crippen LogP contribution in [0.25, 0.3) is 0 Å². The van der Waals surface area contributed by atoms with Crippen LogP contribution in [-0.2, 0) is 6.42 Å². The van der Waals surface area contributed by atoms with Crippen molar-refractivity contribution in [2.75, 3.05) is 13.6 Å². The standard InChI is InChI=1S/C14H19NO/c1-15-10-9-11-5-2-3-8-13(11)14(16)12-6-4-7-12/h2-3,5,8,12,15H,4,6-7,9-10H2,1H3. The minimum absolute atomic E-state index is 0.302. The van der Waals surface area contributed by atoms with Gasteiger partial charge in [0, 0.05) is 11.5 Å². The molecule has 2 heteroatoms. The summed E-state index contributed by atoms with van der Waals surface area (Å²) in [4.78, 5) is 12.2. The third-order valence-electron chi connectivity index (χ3n) is 3.40. The topological polar surface area (TPSA) is 29.1 Å². The molecule has 0 atom stereocenters. The van der Waals surface area contributed by atoms with Crippen LogP contribution in [0.1, 0.15) is 35.2 Å². The first kappa shape index (κ1) is 11.3. The van der Waals surface area contributed by atoms with E-state index in [0.29, 0.717) is 11.7 Å². The Labute approximate surface area is 97.1 Å². The summed E-state index contributed by atoms with van der Waals surface area (Å²) in [6.07, 6.45) is 4.32. The average Bonchev–Trinajstić information content (AvgIpc) is 2.24. The molecular weight excluding hydrogens is 198 g/mol. The van der Waals surface area contributed by atoms with Crippen molar-refractivity contribution in [3.8, 4) is 0 Å². The van der Waals surface area contributed by atoms with Gasteiger partial charge in [0.05, 0.1) is 0 Å². The van der Waals surface area contributed by atoms with Crippen LogP contribution < -0.4 is 5.32 Å². The molecule has 0 aromatic heterocycles. The zero-order valence-corrected chi connectivity index (χ0v) is 9.83. The summed E-state index contributed by atoms with van der Waals surface area (Å²) in [6, 6.07) is 8.03. The summed E-state index contributed by atoms with van der Waals surface area (Å²) in [6.45, 7) is 0.926. The quantitative estimate of drug-likeness (QED) is 0.767. The highest BCUT2D eigenvalue weighted by Crippen LogP contribution is 2.30. The molecular formula is C14H19NO. The van der Waals surface area contributed by atoms with Crippen LogP contribution in [0, 0.1) is 5.92 Å². The number of rotatable bonds is 5. The van der Waals surface area contributed by atoms with Crippen molar-refractivity contribution in [2.24, 2.45) is 5.92 Å². The zero-order chi connectivity index (χ0) is 11.4. The van der Waals surface area contributed by atoms with Crippen LogP contribution in [0.2, 0.25) is 0 Å². The zero-order valence-electron chi connectivity index (χ0n) is 9.83. The number of carbonyl (C=O) groups is 1. The van der Waals surface area contributed by atoms with Crippen LogP contribution >= 0.6 is 0 Å². The summed E-state index contributed by atoms with van der Waals surface area (Å²) in [5.74, 6) is 0.661. The van der Waals surface area contributed by atoms with E-state index in [9.17, 15) is 4.79 Å². The first-order valence-electron chi connectivity index (χ1n) is 6.09. The van der Waals surface area contributed by atoms with E-state index in [1.165, 1.54) is 12.0 Å². The van der Waals surface area contributed by atoms with E-state index in [1.807, 2.05) is 25.2 Å². The van der Waals surface area contributed by atoms with Crippen molar-refractivity contribution in [2.45, 2.75) is 25.7 Å². The Balaban J connectivity index is 2.14. The summed E-state index contributed by atoms with van der Waals surface area (Å²) >= 11 is 0. The summed E-state index contributed by atoms with van der Waals surface area (Å²) < 4.78 is 0. The van der Waals surface area contributed by atoms with Crippen LogP contribution in [0.4, 0.5) is 0 Å². The number of hydrogen-bond acceptors (Lipinski definition) is 2. The summed E-state index contributed by atoms with van der Waals surface area (Å²) in [5.41, 5.74) is 2.14. The Morgan fingerprint density at radius 3 is 2.75 bits per heavy atom. The fourth-order valence-electron chi connectivity index (χ4n) is 2.13. The molecule has 1 saturated carbocycles. The Hall–Kier alpha value is -1.15. The molecule has 2 nitrogen and oxygen atoms in total. The van der Waals surface area contributed by atoms with Gasteiger partial charge >= 0.3 is 0 Å². The highest BCUT2D eigenvalue weighted by molar-refractivity contribution is 5.99. The lowest BCUT2D eigenvalue weighted by Gasteiger charge is -2.24. The second-order valence-electron chi connectivity index (χ2n) is 4.50. The maximum absolute atomic E-state index is 12.2. The van der Waals surface area contributed by atoms with Crippen LogP contribution in [0.15, 0.2) is 24.3 Å². The number of likely N-dealkylation sites (N-methyl/N-ethyl adjacent to an activating group) is 1. The van der Waals surface area contributed by atoms with Crippen molar-refractivity contribution in [1.82, 2.24) is 5.32 Å². The lowest BCUT2D eigenvalue weighted by atomic mass is 9.79. The molecule has 0 aliphatic heterocycles. The molecule has 1 aliphatic rings. The van der Waals surface area contributed by atoms with E-state index in [0.717, 1.165) is 31.4 Å². The molecule has 0 spiro atoms. The van der Waals surface area contributed by atoms with E-state index in [-0.39, 0.29) is 0 Å². The number of carbonyl (C=O) groups excluding carboxylic acids is 1. The molecule has 0 radical (unpaired) electrons. The molecule has 1 fully saturated rings. The van der Waals surface area contributed by atoms with Gasteiger partial charge in [-0.3, -0.25) is 4.79 Å². The van der Waals surface area contributed by atoms with E-state index in [4.69, 9.17) is 0 Å². The SMILES string of the molecule is CNCCc1ccccc1C(=O)C1CCC1. The minimum atomic E-state index is 0.302. The van der Waals surface area contributed by atoms with E-state index < -0.39 is 0 Å². The lowest BCUT2D eigenvalue weighted by molar-refractivity contribution is 0.0854. The largest absolute Gasteiger partial charge is 0.319 e. The van der Waals surface area contributed by atoms with Crippen molar-refractivity contribution >= 4 is 5.78 Å². The fourth-order valence-corrected chi connectivity index (χ4v) is 2.13. The third kappa shape index (κ3) is 2.33. The number of hydrogen-bond donors (Lipinski definition) is 1. The molecule has 0 bridgehead atoms. The van der Waals surface area contributed by atoms with Crippen LogP contribution in [0.5, 0.6) is 0 Å². The maximum atomic E-state index is 12.2. The van der Waals surface area contributed by atoms with Crippen molar-refractivity contribution in [1.29, 1.82) is 0 Å². The van der Waals surface area contributed by atoms with Gasteiger partial charge in [-0.15, -0.1) is 0 Å². The van der Waals surface area contributed by atoms with Crippen molar-refractivity contribution < 1.29 is 4.79 Å². The predicted molar refractivity (Wildman–Crippen MR) is 65.7 cm³/mol. The molecule has 0 amide bonds. The molecule has 1 aliphatic carbocycles. The molecule has 86 valence electrons. The first-order valence-corrected chi connectivity index (χ1v) is 6.09. The van der Waals surface area contributed by atoms with Crippen LogP contribution in [0.3, 0.4) is 0 Å². The van der Waals surface area contributed by atoms with E-state index >= 15 is 0 Å². The van der Waals surface area contributed by atoms with E-state index in [2.05, 4.69) is 11.4 Å². The maximum Gasteiger partial charge on any atom is 0.166 e. The van der Waals surface area contributed by atoms with E-state index in [1.54, 1.807) is 0 Å². The van der Waals surface area contributed by atoms with Gasteiger partial charge in [-0.1, -0.05) is 30.7 Å². The monoisotopic (exact) mass is 217 g/mol. The van der Waals surface area contributed by atoms with Gasteiger partial charge in [0.2, 0.25) is 0 Å². The highest BCUT2D eigenvalue weighted by atomic mass is 16.1. The minimum Gasteiger partial charge on any atom is -0.319 e. The van der Waals surface area contributed by atoms with Gasteiger partial charge in [-0.25, -0.2) is 0 Å². The fraction of sp³-hybridized carbons (Fsp3) is 0.500. The third-order valence-corrected chi connectivity index (χ3v) is 3.40. The number of benzene rings is 1. The van der Waals surface area contributed by atoms with Crippen LogP contribution in [-0.4, -0.2) is 19.4 Å². The molecule has 0 unspecified atom stereocenters. The highest BCUT2D eigenvalue weighted by Gasteiger charge is 2.27. The van der Waals surface area contributed by atoms with Gasteiger partial charge < -0.3 is 5.32 Å². The molecule has 1 aromatic carbocycles. The molecule has 0 saturated heterocycles. The Kier molecular flexibility index (Phi) is 3.73. The second-order valence-corrected chi connectivity index (χ2v) is 4.50. The smallest absolute Gasteiger partial charge is 0.166 e. The Morgan fingerprint density at radius 1 is 1.38 bits per heavy atom. The van der Waals surface area contributed by atoms with Gasteiger partial charge in [-0.2, -0.15) is 0 Å². The van der Waals surface area contributed by atoms with Gasteiger partial charge in [-0.05, 0) is 38.4 Å². The molecule has 1 aromatic rings. The number of ketones is 1. The molecule has 2 rings (SSSR count). The van der Waals surface area contributed by atoms with Crippen molar-refractivity contribution in [3.63, 3.8) is 0 Å². The number of Topliss-reactive ketones (excluding diaryl/α,β-unsaturated/α-hetero) is 1.